The van der Waals surface area contributed by atoms with Gasteiger partial charge in [0.15, 0.2) is 0 Å². The largest absolute Gasteiger partial charge is 0.394 e. The van der Waals surface area contributed by atoms with E-state index < -0.39 is 0 Å². The highest BCUT2D eigenvalue weighted by molar-refractivity contribution is 5.60. The molecule has 0 aromatic carbocycles. The number of nitrogens with two attached hydrogens (primary N) is 1. The number of aliphatic hydroxyl groups is 1. The Morgan fingerprint density at radius 1 is 1.53 bits per heavy atom. The van der Waals surface area contributed by atoms with Crippen LogP contribution in [0.4, 0.5) is 11.6 Å². The summed E-state index contributed by atoms with van der Waals surface area (Å²) < 4.78 is 0. The van der Waals surface area contributed by atoms with Gasteiger partial charge >= 0.3 is 0 Å². The number of nitrogens with zero attached hydrogens (tertiary/aromatic N) is 3. The molecule has 0 bridgehead atoms. The van der Waals surface area contributed by atoms with Crippen LogP contribution in [0.5, 0.6) is 0 Å². The van der Waals surface area contributed by atoms with E-state index in [-0.39, 0.29) is 18.6 Å². The molecule has 0 saturated carbocycles. The van der Waals surface area contributed by atoms with Crippen molar-refractivity contribution in [3.63, 3.8) is 0 Å². The summed E-state index contributed by atoms with van der Waals surface area (Å²) in [6.45, 7) is 7.41. The van der Waals surface area contributed by atoms with Gasteiger partial charge in [0.1, 0.15) is 18.0 Å². The molecule has 1 aromatic heterocycles. The molecule has 6 nitrogen and oxygen atoms in total. The molecule has 2 rings (SSSR count). The molecule has 4 N–H and O–H groups in total. The Morgan fingerprint density at radius 3 is 2.84 bits per heavy atom. The zero-order valence-corrected chi connectivity index (χ0v) is 11.8. The van der Waals surface area contributed by atoms with E-state index >= 15 is 0 Å². The molecule has 19 heavy (non-hydrogen) atoms. The first-order valence-corrected chi connectivity index (χ1v) is 6.79. The van der Waals surface area contributed by atoms with Crippen molar-refractivity contribution in [2.45, 2.75) is 39.2 Å². The van der Waals surface area contributed by atoms with E-state index in [1.54, 1.807) is 0 Å². The van der Waals surface area contributed by atoms with E-state index in [2.05, 4.69) is 41.1 Å². The summed E-state index contributed by atoms with van der Waals surface area (Å²) in [6.07, 6.45) is 2.59. The molecule has 2 heterocycles. The number of nitrogens with one attached hydrogen (secondary N) is 1. The number of hydrogen-bond donors (Lipinski definition) is 3. The zero-order chi connectivity index (χ0) is 14.0. The molecule has 106 valence electrons. The molecule has 1 fully saturated rings. The first-order valence-electron chi connectivity index (χ1n) is 6.79. The standard InChI is InChI=1S/C13H23N5O/c1-8(2)11-12(17-14)15-7-16-13(11)18-5-4-9(3)10(18)6-19/h7-10,19H,4-6,14H2,1-3H3,(H,15,16,17). The van der Waals surface area contributed by atoms with Crippen LogP contribution < -0.4 is 16.2 Å². The van der Waals surface area contributed by atoms with Gasteiger partial charge < -0.3 is 15.4 Å². The van der Waals surface area contributed by atoms with Gasteiger partial charge in [-0.25, -0.2) is 15.8 Å². The lowest BCUT2D eigenvalue weighted by atomic mass is 10.0. The molecule has 6 heteroatoms. The van der Waals surface area contributed by atoms with E-state index in [9.17, 15) is 5.11 Å². The molecule has 1 saturated heterocycles. The minimum atomic E-state index is 0.123. The maximum atomic E-state index is 9.60. The third kappa shape index (κ3) is 2.50. The molecule has 1 aliphatic heterocycles. The Labute approximate surface area is 114 Å². The fraction of sp³-hybridized carbons (Fsp3) is 0.692. The van der Waals surface area contributed by atoms with Crippen LogP contribution in [0.25, 0.3) is 0 Å². The number of nitrogen functional groups attached to an aromatic ring is 1. The van der Waals surface area contributed by atoms with Gasteiger partial charge in [0.2, 0.25) is 0 Å². The first kappa shape index (κ1) is 14.0. The number of aliphatic hydroxyl groups excluding tert-OH is 1. The zero-order valence-electron chi connectivity index (χ0n) is 11.8. The smallest absolute Gasteiger partial charge is 0.148 e. The van der Waals surface area contributed by atoms with Crippen molar-refractivity contribution in [1.29, 1.82) is 0 Å². The van der Waals surface area contributed by atoms with E-state index in [0.717, 1.165) is 24.3 Å². The normalized spacial score (nSPS) is 23.2. The topological polar surface area (TPSA) is 87.3 Å². The lowest BCUT2D eigenvalue weighted by Gasteiger charge is -2.29. The second kappa shape index (κ2) is 5.71. The van der Waals surface area contributed by atoms with E-state index in [1.165, 1.54) is 6.33 Å². The molecule has 1 aliphatic rings. The Balaban J connectivity index is 2.44. The highest BCUT2D eigenvalue weighted by atomic mass is 16.3. The van der Waals surface area contributed by atoms with Crippen LogP contribution in [0.3, 0.4) is 0 Å². The molecule has 0 aliphatic carbocycles. The number of hydrazine groups is 1. The highest BCUT2D eigenvalue weighted by Crippen LogP contribution is 2.35. The first-order chi connectivity index (χ1) is 9.10. The van der Waals surface area contributed by atoms with E-state index in [1.807, 2.05) is 0 Å². The van der Waals surface area contributed by atoms with Gasteiger partial charge in [0.05, 0.1) is 12.6 Å². The van der Waals surface area contributed by atoms with Gasteiger partial charge in [-0.2, -0.15) is 0 Å². The summed E-state index contributed by atoms with van der Waals surface area (Å²) in [5.74, 6) is 7.82. The highest BCUT2D eigenvalue weighted by Gasteiger charge is 2.33. The fourth-order valence-corrected chi connectivity index (χ4v) is 2.81. The van der Waals surface area contributed by atoms with Gasteiger partial charge in [-0.3, -0.25) is 0 Å². The summed E-state index contributed by atoms with van der Waals surface area (Å²) in [5.41, 5.74) is 3.66. The summed E-state index contributed by atoms with van der Waals surface area (Å²) in [7, 11) is 0. The van der Waals surface area contributed by atoms with Crippen molar-refractivity contribution in [2.24, 2.45) is 11.8 Å². The van der Waals surface area contributed by atoms with Gasteiger partial charge in [-0.15, -0.1) is 0 Å². The number of rotatable bonds is 4. The molecular weight excluding hydrogens is 242 g/mol. The molecular formula is C13H23N5O. The Kier molecular flexibility index (Phi) is 4.21. The van der Waals surface area contributed by atoms with Crippen molar-refractivity contribution in [1.82, 2.24) is 9.97 Å². The number of hydrogen-bond acceptors (Lipinski definition) is 6. The average molecular weight is 265 g/mol. The second-order valence-corrected chi connectivity index (χ2v) is 5.47. The van der Waals surface area contributed by atoms with Gasteiger partial charge in [0.25, 0.3) is 0 Å². The quantitative estimate of drug-likeness (QED) is 0.558. The van der Waals surface area contributed by atoms with Crippen molar-refractivity contribution in [2.75, 3.05) is 23.5 Å². The van der Waals surface area contributed by atoms with Crippen LogP contribution in [0.1, 0.15) is 38.7 Å². The van der Waals surface area contributed by atoms with Crippen molar-refractivity contribution in [3.05, 3.63) is 11.9 Å². The molecule has 2 unspecified atom stereocenters. The molecule has 1 aromatic rings. The molecule has 0 amide bonds. The SMILES string of the molecule is CC(C)c1c(NN)ncnc1N1CCC(C)C1CO. The van der Waals surface area contributed by atoms with E-state index in [4.69, 9.17) is 5.84 Å². The van der Waals surface area contributed by atoms with Crippen molar-refractivity contribution in [3.8, 4) is 0 Å². The Bertz CT molecular complexity index is 437. The summed E-state index contributed by atoms with van der Waals surface area (Å²) in [6, 6.07) is 0.123. The summed E-state index contributed by atoms with van der Waals surface area (Å²) in [5, 5.41) is 9.60. The fourth-order valence-electron chi connectivity index (χ4n) is 2.81. The number of aromatic nitrogens is 2. The van der Waals surface area contributed by atoms with Crippen LogP contribution >= 0.6 is 0 Å². The third-order valence-corrected chi connectivity index (χ3v) is 3.92. The van der Waals surface area contributed by atoms with Gasteiger partial charge in [0, 0.05) is 12.1 Å². The third-order valence-electron chi connectivity index (χ3n) is 3.92. The lowest BCUT2D eigenvalue weighted by molar-refractivity contribution is 0.244. The van der Waals surface area contributed by atoms with Crippen molar-refractivity contribution >= 4 is 11.6 Å². The Hall–Kier alpha value is -1.40. The lowest BCUT2D eigenvalue weighted by Crippen LogP contribution is -2.36. The molecule has 2 atom stereocenters. The summed E-state index contributed by atoms with van der Waals surface area (Å²) >= 11 is 0. The van der Waals surface area contributed by atoms with Crippen LogP contribution in [-0.2, 0) is 0 Å². The van der Waals surface area contributed by atoms with Crippen LogP contribution in [-0.4, -0.2) is 34.3 Å². The average Bonchev–Trinajstić information content (AvgIpc) is 2.78. The second-order valence-electron chi connectivity index (χ2n) is 5.47. The van der Waals surface area contributed by atoms with Crippen molar-refractivity contribution < 1.29 is 5.11 Å². The summed E-state index contributed by atoms with van der Waals surface area (Å²) in [4.78, 5) is 10.8. The van der Waals surface area contributed by atoms with Gasteiger partial charge in [-0.1, -0.05) is 20.8 Å². The maximum Gasteiger partial charge on any atom is 0.148 e. The molecule has 0 spiro atoms. The van der Waals surface area contributed by atoms with Crippen LogP contribution in [0.15, 0.2) is 6.33 Å². The minimum Gasteiger partial charge on any atom is -0.394 e. The predicted octanol–water partition coefficient (Wildman–Crippen LogP) is 1.09. The van der Waals surface area contributed by atoms with Crippen LogP contribution in [0, 0.1) is 5.92 Å². The maximum absolute atomic E-state index is 9.60. The van der Waals surface area contributed by atoms with Crippen LogP contribution in [0.2, 0.25) is 0 Å². The van der Waals surface area contributed by atoms with E-state index in [0.29, 0.717) is 11.7 Å². The number of anilines is 2. The predicted molar refractivity (Wildman–Crippen MR) is 75.9 cm³/mol. The minimum absolute atomic E-state index is 0.123. The van der Waals surface area contributed by atoms with Gasteiger partial charge in [-0.05, 0) is 18.3 Å². The monoisotopic (exact) mass is 265 g/mol. The Morgan fingerprint density at radius 2 is 2.26 bits per heavy atom. The molecule has 0 radical (unpaired) electrons.